The molecule has 0 aliphatic carbocycles. The molecule has 0 saturated carbocycles. The summed E-state index contributed by atoms with van der Waals surface area (Å²) in [5, 5.41) is 2.87. The van der Waals surface area contributed by atoms with Crippen molar-refractivity contribution in [3.8, 4) is 28.3 Å². The number of aromatic nitrogens is 2. The number of amides is 1. The molecule has 0 atom stereocenters. The Kier molecular flexibility index (Phi) is 5.55. The standard InChI is InChI=1S/C27H21N3O3/c1-18-5-2-3-7-24(18)32-17-26(31)29-22-11-8-19(9-12-22)27-30-23-15-20(10-13-25(23)33-27)21-6-4-14-28-16-21/h2-16H,17H2,1H3,(H,29,31)/p+1. The second-order valence-electron chi connectivity index (χ2n) is 7.67. The second kappa shape index (κ2) is 8.96. The number of carbonyl (C=O) groups is 1. The lowest BCUT2D eigenvalue weighted by atomic mass is 10.1. The number of oxazole rings is 1. The second-order valence-corrected chi connectivity index (χ2v) is 7.67. The molecule has 1 amide bonds. The van der Waals surface area contributed by atoms with Gasteiger partial charge in [0.05, 0.1) is 0 Å². The molecule has 2 N–H and O–H groups in total. The first-order valence-corrected chi connectivity index (χ1v) is 10.6. The number of anilines is 1. The van der Waals surface area contributed by atoms with Crippen molar-refractivity contribution in [3.63, 3.8) is 0 Å². The van der Waals surface area contributed by atoms with Gasteiger partial charge in [0.2, 0.25) is 5.89 Å². The average Bonchev–Trinajstić information content (AvgIpc) is 3.28. The number of benzene rings is 3. The van der Waals surface area contributed by atoms with Crippen molar-refractivity contribution in [2.45, 2.75) is 6.92 Å². The third-order valence-electron chi connectivity index (χ3n) is 5.31. The maximum Gasteiger partial charge on any atom is 0.312 e. The van der Waals surface area contributed by atoms with Crippen molar-refractivity contribution in [2.75, 3.05) is 11.9 Å². The summed E-state index contributed by atoms with van der Waals surface area (Å²) < 4.78 is 10.3. The Balaban J connectivity index is 1.27. The highest BCUT2D eigenvalue weighted by atomic mass is 16.5. The zero-order valence-corrected chi connectivity index (χ0v) is 18.0. The summed E-state index contributed by atoms with van der Waals surface area (Å²) in [6, 6.07) is 25.0. The van der Waals surface area contributed by atoms with Crippen molar-refractivity contribution >= 4 is 22.7 Å². The molecule has 0 aliphatic rings. The number of aromatic hydroxyl groups is 1. The van der Waals surface area contributed by atoms with E-state index in [0.717, 1.165) is 33.5 Å². The molecule has 5 rings (SSSR count). The van der Waals surface area contributed by atoms with Crippen LogP contribution in [0.25, 0.3) is 33.7 Å². The summed E-state index contributed by atoms with van der Waals surface area (Å²) in [5.74, 6) is 1.18. The Morgan fingerprint density at radius 3 is 2.55 bits per heavy atom. The van der Waals surface area contributed by atoms with Gasteiger partial charge in [0.1, 0.15) is 5.52 Å². The Morgan fingerprint density at radius 2 is 1.76 bits per heavy atom. The van der Waals surface area contributed by atoms with E-state index in [1.807, 2.05) is 92.0 Å². The first kappa shape index (κ1) is 20.5. The topological polar surface area (TPSA) is 80.8 Å². The number of aryl methyl sites for hydroxylation is 1. The number of nitrogens with one attached hydrogen (secondary N) is 1. The predicted octanol–water partition coefficient (Wildman–Crippen LogP) is 5.75. The van der Waals surface area contributed by atoms with Gasteiger partial charge in [-0.05, 0) is 55.0 Å². The van der Waals surface area contributed by atoms with Crippen molar-refractivity contribution in [3.05, 3.63) is 96.8 Å². The van der Waals surface area contributed by atoms with Gasteiger partial charge in [-0.1, -0.05) is 30.3 Å². The lowest BCUT2D eigenvalue weighted by Gasteiger charge is -2.07. The van der Waals surface area contributed by atoms with E-state index < -0.39 is 0 Å². The number of ether oxygens (including phenoxy) is 1. The molecule has 0 aliphatic heterocycles. The van der Waals surface area contributed by atoms with Gasteiger partial charge >= 0.3 is 5.91 Å². The zero-order valence-electron chi connectivity index (χ0n) is 18.0. The summed E-state index contributed by atoms with van der Waals surface area (Å²) in [4.78, 5) is 21.1. The molecule has 0 radical (unpaired) electrons. The summed E-state index contributed by atoms with van der Waals surface area (Å²) in [6.45, 7) is 2.04. The Morgan fingerprint density at radius 1 is 0.939 bits per heavy atom. The number of nitrogens with zero attached hydrogens (tertiary/aromatic N) is 2. The van der Waals surface area contributed by atoms with E-state index in [4.69, 9.17) is 4.42 Å². The van der Waals surface area contributed by atoms with Crippen molar-refractivity contribution in [1.82, 2.24) is 9.97 Å². The first-order chi connectivity index (χ1) is 16.2. The summed E-state index contributed by atoms with van der Waals surface area (Å²) in [7, 11) is 0. The molecule has 0 saturated heterocycles. The largest absolute Gasteiger partial charge is 0.576 e. The third-order valence-corrected chi connectivity index (χ3v) is 5.31. The first-order valence-electron chi connectivity index (χ1n) is 10.6. The molecule has 162 valence electrons. The van der Waals surface area contributed by atoms with Gasteiger partial charge < -0.3 is 14.5 Å². The molecule has 3 aromatic carbocycles. The van der Waals surface area contributed by atoms with Crippen LogP contribution in [0, 0.1) is 6.92 Å². The smallest absolute Gasteiger partial charge is 0.312 e. The molecular formula is C27H22N3O3+. The molecule has 5 aromatic rings. The van der Waals surface area contributed by atoms with Crippen LogP contribution in [-0.2, 0) is 4.79 Å². The molecule has 0 bridgehead atoms. The number of pyridine rings is 1. The molecule has 0 fully saturated rings. The number of carbonyl (C=O) groups excluding carboxylic acids is 1. The van der Waals surface area contributed by atoms with Crippen LogP contribution in [0.15, 0.2) is 95.7 Å². The molecule has 0 spiro atoms. The SMILES string of the molecule is Cc1ccccc1[OH+]CC(=O)Nc1ccc(-c2nc3cc(-c4cccnc4)ccc3o2)cc1. The quantitative estimate of drug-likeness (QED) is 0.344. The lowest BCUT2D eigenvalue weighted by Crippen LogP contribution is -2.18. The van der Waals surface area contributed by atoms with Crippen molar-refractivity contribution in [1.29, 1.82) is 0 Å². The summed E-state index contributed by atoms with van der Waals surface area (Å²) in [5.41, 5.74) is 6.12. The fraction of sp³-hybridized carbons (Fsp3) is 0.0741. The van der Waals surface area contributed by atoms with Crippen LogP contribution in [0.5, 0.6) is 5.75 Å². The molecule has 2 aromatic heterocycles. The highest BCUT2D eigenvalue weighted by Crippen LogP contribution is 2.28. The summed E-state index contributed by atoms with van der Waals surface area (Å²) in [6.07, 6.45) is 3.57. The van der Waals surface area contributed by atoms with E-state index in [-0.39, 0.29) is 12.5 Å². The van der Waals surface area contributed by atoms with E-state index in [1.54, 1.807) is 6.20 Å². The van der Waals surface area contributed by atoms with Gasteiger partial charge in [0.15, 0.2) is 5.58 Å². The van der Waals surface area contributed by atoms with Crippen LogP contribution in [0.2, 0.25) is 0 Å². The highest BCUT2D eigenvalue weighted by Gasteiger charge is 2.12. The van der Waals surface area contributed by atoms with Crippen LogP contribution < -0.4 is 5.32 Å². The van der Waals surface area contributed by atoms with Crippen LogP contribution >= 0.6 is 0 Å². The maximum absolute atomic E-state index is 12.3. The van der Waals surface area contributed by atoms with Gasteiger partial charge in [-0.2, -0.15) is 0 Å². The molecule has 0 unspecified atom stereocenters. The van der Waals surface area contributed by atoms with E-state index in [9.17, 15) is 4.79 Å². The van der Waals surface area contributed by atoms with Gasteiger partial charge in [-0.25, -0.2) is 4.98 Å². The molecule has 6 heteroatoms. The van der Waals surface area contributed by atoms with Crippen LogP contribution in [0.3, 0.4) is 0 Å². The van der Waals surface area contributed by atoms with Gasteiger partial charge in [0, 0.05) is 40.8 Å². The number of aliphatic hydroxyl groups is 1. The zero-order chi connectivity index (χ0) is 22.6. The van der Waals surface area contributed by atoms with E-state index in [2.05, 4.69) is 20.0 Å². The van der Waals surface area contributed by atoms with E-state index in [1.165, 1.54) is 0 Å². The van der Waals surface area contributed by atoms with E-state index >= 15 is 0 Å². The Hall–Kier alpha value is -4.45. The minimum absolute atomic E-state index is 0.0665. The van der Waals surface area contributed by atoms with E-state index in [0.29, 0.717) is 17.2 Å². The molecular weight excluding hydrogens is 414 g/mol. The van der Waals surface area contributed by atoms with Gasteiger partial charge in [-0.3, -0.25) is 9.78 Å². The fourth-order valence-electron chi connectivity index (χ4n) is 3.56. The Bertz CT molecular complexity index is 1410. The molecule has 33 heavy (non-hydrogen) atoms. The van der Waals surface area contributed by atoms with Crippen molar-refractivity contribution in [2.24, 2.45) is 0 Å². The minimum atomic E-state index is -0.171. The Labute approximate surface area is 190 Å². The number of fused-ring (bicyclic) bond motifs is 1. The predicted molar refractivity (Wildman–Crippen MR) is 129 cm³/mol. The monoisotopic (exact) mass is 436 g/mol. The van der Waals surface area contributed by atoms with Crippen LogP contribution in [-0.4, -0.2) is 27.2 Å². The van der Waals surface area contributed by atoms with Gasteiger partial charge in [0.25, 0.3) is 12.4 Å². The lowest BCUT2D eigenvalue weighted by molar-refractivity contribution is -0.123. The summed E-state index contributed by atoms with van der Waals surface area (Å²) >= 11 is 0. The molecule has 6 nitrogen and oxygen atoms in total. The van der Waals surface area contributed by atoms with Crippen molar-refractivity contribution < 1.29 is 13.9 Å². The number of rotatable bonds is 6. The third kappa shape index (κ3) is 4.60. The van der Waals surface area contributed by atoms with Gasteiger partial charge in [-0.15, -0.1) is 0 Å². The maximum atomic E-state index is 12.3. The minimum Gasteiger partial charge on any atom is -0.576 e. The average molecular weight is 436 g/mol. The number of hydrogen-bond donors (Lipinski definition) is 1. The number of para-hydroxylation sites is 1. The normalized spacial score (nSPS) is 10.8. The molecule has 2 heterocycles. The number of hydrogen-bond acceptors (Lipinski definition) is 4. The van der Waals surface area contributed by atoms with Crippen LogP contribution in [0.4, 0.5) is 5.69 Å². The highest BCUT2D eigenvalue weighted by molar-refractivity contribution is 5.92. The fourth-order valence-corrected chi connectivity index (χ4v) is 3.56. The van der Waals surface area contributed by atoms with Crippen LogP contribution in [0.1, 0.15) is 5.56 Å².